The molecule has 212 valence electrons. The quantitative estimate of drug-likeness (QED) is 0.355. The number of amides is 2. The van der Waals surface area contributed by atoms with Gasteiger partial charge in [-0.2, -0.15) is 9.61 Å². The molecule has 2 aliphatic rings. The molecule has 0 atom stereocenters. The molecule has 41 heavy (non-hydrogen) atoms. The molecular formula is C30H32BrN7O3. The van der Waals surface area contributed by atoms with Crippen molar-refractivity contribution in [3.63, 3.8) is 0 Å². The van der Waals surface area contributed by atoms with Crippen LogP contribution in [-0.4, -0.2) is 78.1 Å². The van der Waals surface area contributed by atoms with Gasteiger partial charge in [0, 0.05) is 74.7 Å². The van der Waals surface area contributed by atoms with E-state index in [1.165, 1.54) is 6.92 Å². The maximum Gasteiger partial charge on any atom is 0.254 e. The molecule has 5 heterocycles. The Morgan fingerprint density at radius 1 is 0.976 bits per heavy atom. The van der Waals surface area contributed by atoms with Gasteiger partial charge in [-0.1, -0.05) is 36.4 Å². The number of carbonyl (C=O) groups is 2. The number of nitrogens with zero attached hydrogens (tertiary/aromatic N) is 6. The Bertz CT molecular complexity index is 1590. The second-order valence-corrected chi connectivity index (χ2v) is 11.7. The lowest BCUT2D eigenvalue weighted by atomic mass is 9.87. The Morgan fingerprint density at radius 2 is 1.68 bits per heavy atom. The molecule has 3 N–H and O–H groups in total. The molecule has 0 aliphatic carbocycles. The normalized spacial score (nSPS) is 17.6. The van der Waals surface area contributed by atoms with E-state index in [1.54, 1.807) is 20.5 Å². The molecule has 2 fully saturated rings. The summed E-state index contributed by atoms with van der Waals surface area (Å²) < 4.78 is 2.34. The van der Waals surface area contributed by atoms with Crippen LogP contribution in [-0.2, 0) is 9.59 Å². The number of nitrogen functional groups attached to an aromatic ring is 1. The zero-order valence-electron chi connectivity index (χ0n) is 22.8. The van der Waals surface area contributed by atoms with E-state index in [-0.39, 0.29) is 30.6 Å². The van der Waals surface area contributed by atoms with E-state index in [1.807, 2.05) is 48.7 Å². The number of rotatable bonds is 4. The number of aliphatic hydroxyl groups is 1. The summed E-state index contributed by atoms with van der Waals surface area (Å²) in [5.74, 6) is 0.272. The van der Waals surface area contributed by atoms with E-state index in [0.717, 1.165) is 28.1 Å². The molecule has 3 aromatic heterocycles. The van der Waals surface area contributed by atoms with Gasteiger partial charge in [-0.25, -0.2) is 4.98 Å². The van der Waals surface area contributed by atoms with Crippen molar-refractivity contribution >= 4 is 39.2 Å². The monoisotopic (exact) mass is 617 g/mol. The summed E-state index contributed by atoms with van der Waals surface area (Å²) in [6.07, 6.45) is 5.49. The number of fused-ring (bicyclic) bond motifs is 1. The van der Waals surface area contributed by atoms with Gasteiger partial charge in [0.05, 0.1) is 22.1 Å². The fourth-order valence-electron chi connectivity index (χ4n) is 5.88. The minimum atomic E-state index is -1.42. The summed E-state index contributed by atoms with van der Waals surface area (Å²) >= 11 is 3.66. The summed E-state index contributed by atoms with van der Waals surface area (Å²) in [6.45, 7) is 3.32. The first-order chi connectivity index (χ1) is 19.7. The van der Waals surface area contributed by atoms with Crippen LogP contribution < -0.4 is 5.73 Å². The zero-order chi connectivity index (χ0) is 28.7. The Kier molecular flexibility index (Phi) is 7.25. The number of pyridine rings is 1. The van der Waals surface area contributed by atoms with Crippen LogP contribution in [0.5, 0.6) is 0 Å². The van der Waals surface area contributed by atoms with Gasteiger partial charge in [0.2, 0.25) is 5.91 Å². The van der Waals surface area contributed by atoms with Crippen LogP contribution in [0.3, 0.4) is 0 Å². The van der Waals surface area contributed by atoms with Crippen LogP contribution >= 0.6 is 15.9 Å². The van der Waals surface area contributed by atoms with Crippen LogP contribution in [0.15, 0.2) is 59.3 Å². The summed E-state index contributed by atoms with van der Waals surface area (Å²) in [7, 11) is 0. The maximum absolute atomic E-state index is 13.3. The Labute approximate surface area is 246 Å². The smallest absolute Gasteiger partial charge is 0.254 e. The molecular weight excluding hydrogens is 586 g/mol. The first kappa shape index (κ1) is 27.3. The number of nitrogens with two attached hydrogens (primary N) is 1. The highest BCUT2D eigenvalue weighted by Gasteiger charge is 2.43. The zero-order valence-corrected chi connectivity index (χ0v) is 24.4. The van der Waals surface area contributed by atoms with Crippen molar-refractivity contribution < 1.29 is 14.7 Å². The number of likely N-dealkylation sites (tertiary alicyclic amines) is 2. The number of hydrogen-bond donors (Lipinski definition) is 2. The molecule has 6 rings (SSSR count). The van der Waals surface area contributed by atoms with Crippen molar-refractivity contribution in [1.82, 2.24) is 29.4 Å². The molecule has 0 radical (unpaired) electrons. The SMILES string of the molecule is CC(=O)N1CCC(O)(C(=O)N2CCC(c3nc4c(-c5ccc(-c6ccccc6)nc5)cnn4c(N)c3Br)CC2)CC1. The number of anilines is 1. The van der Waals surface area contributed by atoms with Gasteiger partial charge in [-0.05, 0) is 34.8 Å². The van der Waals surface area contributed by atoms with Crippen molar-refractivity contribution in [2.45, 2.75) is 44.1 Å². The number of carbonyl (C=O) groups excluding carboxylic acids is 2. The molecule has 4 aromatic rings. The van der Waals surface area contributed by atoms with Crippen LogP contribution in [0.4, 0.5) is 5.82 Å². The molecule has 0 unspecified atom stereocenters. The molecule has 0 spiro atoms. The summed E-state index contributed by atoms with van der Waals surface area (Å²) in [4.78, 5) is 38.1. The number of hydrogen-bond acceptors (Lipinski definition) is 7. The predicted molar refractivity (Wildman–Crippen MR) is 159 cm³/mol. The number of benzene rings is 1. The summed E-state index contributed by atoms with van der Waals surface area (Å²) in [6, 6.07) is 14.0. The Morgan fingerprint density at radius 3 is 2.32 bits per heavy atom. The van der Waals surface area contributed by atoms with E-state index < -0.39 is 5.60 Å². The van der Waals surface area contributed by atoms with Crippen molar-refractivity contribution in [1.29, 1.82) is 0 Å². The topological polar surface area (TPSA) is 130 Å². The average molecular weight is 619 g/mol. The minimum Gasteiger partial charge on any atom is -0.383 e. The molecule has 1 aromatic carbocycles. The van der Waals surface area contributed by atoms with Crippen LogP contribution in [0.25, 0.3) is 28.0 Å². The first-order valence-corrected chi connectivity index (χ1v) is 14.7. The van der Waals surface area contributed by atoms with Crippen molar-refractivity contribution in [3.05, 3.63) is 65.0 Å². The standard InChI is InChI=1S/C30H32BrN7O3/c1-19(39)36-15-11-30(41,12-16-36)29(40)37-13-9-21(10-14-37)26-25(31)27(32)38-28(35-26)23(18-34-38)22-7-8-24(33-17-22)20-5-3-2-4-6-20/h2-8,17-18,21,41H,9-16,32H2,1H3. The summed E-state index contributed by atoms with van der Waals surface area (Å²) in [5.41, 5.74) is 10.2. The van der Waals surface area contributed by atoms with E-state index in [2.05, 4.69) is 26.0 Å². The van der Waals surface area contributed by atoms with Gasteiger partial charge >= 0.3 is 0 Å². The van der Waals surface area contributed by atoms with Gasteiger partial charge in [0.1, 0.15) is 11.4 Å². The van der Waals surface area contributed by atoms with Crippen molar-refractivity contribution in [2.75, 3.05) is 31.9 Å². The Hall–Kier alpha value is -3.83. The number of aromatic nitrogens is 4. The fourth-order valence-corrected chi connectivity index (χ4v) is 6.46. The highest BCUT2D eigenvalue weighted by atomic mass is 79.9. The molecule has 2 saturated heterocycles. The van der Waals surface area contributed by atoms with Crippen molar-refractivity contribution in [3.8, 4) is 22.4 Å². The fraction of sp³-hybridized carbons (Fsp3) is 0.367. The maximum atomic E-state index is 13.3. The Balaban J connectivity index is 1.20. The lowest BCUT2D eigenvalue weighted by Gasteiger charge is -2.41. The minimum absolute atomic E-state index is 0.0311. The second-order valence-electron chi connectivity index (χ2n) is 10.9. The lowest BCUT2D eigenvalue weighted by Crippen LogP contribution is -2.56. The van der Waals surface area contributed by atoms with Crippen molar-refractivity contribution in [2.24, 2.45) is 0 Å². The molecule has 2 aliphatic heterocycles. The van der Waals surface area contributed by atoms with E-state index in [0.29, 0.717) is 55.0 Å². The highest BCUT2D eigenvalue weighted by Crippen LogP contribution is 2.38. The van der Waals surface area contributed by atoms with Gasteiger partial charge in [0.25, 0.3) is 5.91 Å². The van der Waals surface area contributed by atoms with Gasteiger partial charge in [0.15, 0.2) is 5.65 Å². The third-order valence-corrected chi connectivity index (χ3v) is 9.21. The lowest BCUT2D eigenvalue weighted by molar-refractivity contribution is -0.159. The molecule has 0 bridgehead atoms. The largest absolute Gasteiger partial charge is 0.383 e. The van der Waals surface area contributed by atoms with Gasteiger partial charge in [-0.3, -0.25) is 14.6 Å². The first-order valence-electron chi connectivity index (χ1n) is 13.9. The molecule has 10 nitrogen and oxygen atoms in total. The highest BCUT2D eigenvalue weighted by molar-refractivity contribution is 9.10. The third-order valence-electron chi connectivity index (χ3n) is 8.40. The van der Waals surface area contributed by atoms with E-state index in [4.69, 9.17) is 10.7 Å². The van der Waals surface area contributed by atoms with Crippen LogP contribution in [0.2, 0.25) is 0 Å². The van der Waals surface area contributed by atoms with Gasteiger partial charge < -0.3 is 20.6 Å². The average Bonchev–Trinajstić information content (AvgIpc) is 3.43. The van der Waals surface area contributed by atoms with Crippen LogP contribution in [0, 0.1) is 0 Å². The predicted octanol–water partition coefficient (Wildman–Crippen LogP) is 3.88. The van der Waals surface area contributed by atoms with Gasteiger partial charge in [-0.15, -0.1) is 0 Å². The molecule has 11 heteroatoms. The third kappa shape index (κ3) is 5.08. The van der Waals surface area contributed by atoms with E-state index in [9.17, 15) is 14.7 Å². The number of halogens is 1. The molecule has 0 saturated carbocycles. The second kappa shape index (κ2) is 10.9. The number of piperidine rings is 2. The molecule has 2 amide bonds. The summed E-state index contributed by atoms with van der Waals surface area (Å²) in [5, 5.41) is 15.6. The van der Waals surface area contributed by atoms with Crippen LogP contribution in [0.1, 0.15) is 44.2 Å². The van der Waals surface area contributed by atoms with E-state index >= 15 is 0 Å².